The second-order valence-electron chi connectivity index (χ2n) is 5.93. The highest BCUT2D eigenvalue weighted by Gasteiger charge is 2.15. The van der Waals surface area contributed by atoms with Gasteiger partial charge in [-0.1, -0.05) is 17.7 Å². The number of hydrogen-bond donors (Lipinski definition) is 1. The van der Waals surface area contributed by atoms with Crippen LogP contribution in [0.5, 0.6) is 5.88 Å². The Morgan fingerprint density at radius 3 is 2.54 bits per heavy atom. The van der Waals surface area contributed by atoms with Crippen LogP contribution in [0.1, 0.15) is 23.6 Å². The summed E-state index contributed by atoms with van der Waals surface area (Å²) in [5.41, 5.74) is 3.95. The zero-order chi connectivity index (χ0) is 18.7. The summed E-state index contributed by atoms with van der Waals surface area (Å²) < 4.78 is 7.00. The zero-order valence-electron chi connectivity index (χ0n) is 14.9. The van der Waals surface area contributed by atoms with Crippen LogP contribution in [-0.4, -0.2) is 22.6 Å². The fraction of sp³-hybridized carbons (Fsp3) is 0.200. The number of aromatic nitrogens is 2. The number of ether oxygens (including phenoxy) is 1. The predicted octanol–water partition coefficient (Wildman–Crippen LogP) is 4.59. The number of aliphatic imine (C=N–C) groups is 1. The van der Waals surface area contributed by atoms with Crippen LogP contribution in [0.3, 0.4) is 0 Å². The maximum absolute atomic E-state index is 12.8. The van der Waals surface area contributed by atoms with Crippen molar-refractivity contribution in [3.63, 3.8) is 0 Å². The SMILES string of the molecule is CCOc1[nH]n(-c2ccc(Cl)cc2)c(=O)c1C=Nc1ccc(C)c(C)c1. The summed E-state index contributed by atoms with van der Waals surface area (Å²) in [6.45, 7) is 6.38. The Balaban J connectivity index is 2.02. The molecule has 3 aromatic rings. The number of nitrogens with zero attached hydrogens (tertiary/aromatic N) is 2. The number of hydrogen-bond acceptors (Lipinski definition) is 3. The van der Waals surface area contributed by atoms with Crippen molar-refractivity contribution in [3.05, 3.63) is 74.5 Å². The zero-order valence-corrected chi connectivity index (χ0v) is 15.7. The van der Waals surface area contributed by atoms with E-state index in [1.807, 2.05) is 39.0 Å². The standard InChI is InChI=1S/C20H20ClN3O2/c1-4-26-19-18(12-22-16-8-5-13(2)14(3)11-16)20(25)24(23-19)17-9-6-15(21)7-10-17/h5-12,23H,4H2,1-3H3. The van der Waals surface area contributed by atoms with Gasteiger partial charge in [-0.3, -0.25) is 14.9 Å². The molecule has 0 bridgehead atoms. The van der Waals surface area contributed by atoms with Crippen molar-refractivity contribution in [2.24, 2.45) is 4.99 Å². The van der Waals surface area contributed by atoms with Gasteiger partial charge in [0, 0.05) is 11.2 Å². The van der Waals surface area contributed by atoms with Crippen molar-refractivity contribution >= 4 is 23.5 Å². The van der Waals surface area contributed by atoms with Crippen LogP contribution >= 0.6 is 11.6 Å². The minimum atomic E-state index is -0.233. The van der Waals surface area contributed by atoms with Crippen LogP contribution in [0.15, 0.2) is 52.3 Å². The fourth-order valence-electron chi connectivity index (χ4n) is 2.52. The summed E-state index contributed by atoms with van der Waals surface area (Å²) in [6.07, 6.45) is 1.54. The molecule has 0 aliphatic heterocycles. The molecule has 0 saturated carbocycles. The Morgan fingerprint density at radius 1 is 1.15 bits per heavy atom. The van der Waals surface area contributed by atoms with Gasteiger partial charge in [0.05, 0.1) is 18.0 Å². The summed E-state index contributed by atoms with van der Waals surface area (Å²) in [5.74, 6) is 0.389. The maximum atomic E-state index is 12.8. The molecule has 1 N–H and O–H groups in total. The highest BCUT2D eigenvalue weighted by molar-refractivity contribution is 6.30. The summed E-state index contributed by atoms with van der Waals surface area (Å²) in [7, 11) is 0. The van der Waals surface area contributed by atoms with Gasteiger partial charge in [-0.25, -0.2) is 4.68 Å². The average molecular weight is 370 g/mol. The Hall–Kier alpha value is -2.79. The molecule has 26 heavy (non-hydrogen) atoms. The normalized spacial score (nSPS) is 11.2. The van der Waals surface area contributed by atoms with Crippen molar-refractivity contribution < 1.29 is 4.74 Å². The summed E-state index contributed by atoms with van der Waals surface area (Å²) in [5, 5.41) is 3.60. The molecule has 0 radical (unpaired) electrons. The molecule has 1 heterocycles. The molecule has 3 rings (SSSR count). The van der Waals surface area contributed by atoms with Gasteiger partial charge < -0.3 is 4.74 Å². The minimum absolute atomic E-state index is 0.233. The third-order valence-electron chi connectivity index (χ3n) is 4.10. The van der Waals surface area contributed by atoms with Crippen LogP contribution in [0.4, 0.5) is 5.69 Å². The van der Waals surface area contributed by atoms with Gasteiger partial charge in [0.25, 0.3) is 5.56 Å². The molecule has 5 nitrogen and oxygen atoms in total. The van der Waals surface area contributed by atoms with E-state index < -0.39 is 0 Å². The van der Waals surface area contributed by atoms with Crippen LogP contribution in [0.25, 0.3) is 5.69 Å². The number of rotatable bonds is 5. The Morgan fingerprint density at radius 2 is 1.88 bits per heavy atom. The summed E-state index contributed by atoms with van der Waals surface area (Å²) >= 11 is 5.92. The maximum Gasteiger partial charge on any atom is 0.284 e. The predicted molar refractivity (Wildman–Crippen MR) is 106 cm³/mol. The molecule has 0 aliphatic rings. The molecule has 1 aromatic heterocycles. The summed E-state index contributed by atoms with van der Waals surface area (Å²) in [4.78, 5) is 17.3. The van der Waals surface area contributed by atoms with Crippen LogP contribution in [0, 0.1) is 13.8 Å². The van der Waals surface area contributed by atoms with E-state index in [9.17, 15) is 4.79 Å². The molecule has 2 aromatic carbocycles. The van der Waals surface area contributed by atoms with Gasteiger partial charge in [-0.2, -0.15) is 0 Å². The quantitative estimate of drug-likeness (QED) is 0.669. The van der Waals surface area contributed by atoms with E-state index in [-0.39, 0.29) is 5.56 Å². The van der Waals surface area contributed by atoms with Gasteiger partial charge in [0.2, 0.25) is 5.88 Å². The molecule has 0 saturated heterocycles. The van der Waals surface area contributed by atoms with Crippen LogP contribution in [0.2, 0.25) is 5.02 Å². The van der Waals surface area contributed by atoms with E-state index in [0.717, 1.165) is 11.3 Å². The van der Waals surface area contributed by atoms with Crippen LogP contribution < -0.4 is 10.3 Å². The Kier molecular flexibility index (Phi) is 5.28. The third kappa shape index (κ3) is 3.73. The van der Waals surface area contributed by atoms with Gasteiger partial charge >= 0.3 is 0 Å². The summed E-state index contributed by atoms with van der Waals surface area (Å²) in [6, 6.07) is 12.9. The Labute approximate surface area is 156 Å². The number of halogens is 1. The first kappa shape index (κ1) is 18.0. The highest BCUT2D eigenvalue weighted by atomic mass is 35.5. The van der Waals surface area contributed by atoms with E-state index >= 15 is 0 Å². The molecule has 0 amide bonds. The average Bonchev–Trinajstić information content (AvgIpc) is 2.93. The second-order valence-corrected chi connectivity index (χ2v) is 6.37. The molecule has 0 atom stereocenters. The number of H-pyrrole nitrogens is 1. The van der Waals surface area contributed by atoms with Crippen molar-refractivity contribution in [1.82, 2.24) is 9.78 Å². The van der Waals surface area contributed by atoms with E-state index in [0.29, 0.717) is 28.8 Å². The lowest BCUT2D eigenvalue weighted by molar-refractivity contribution is 0.324. The molecular formula is C20H20ClN3O2. The first-order chi connectivity index (χ1) is 12.5. The molecule has 6 heteroatoms. The fourth-order valence-corrected chi connectivity index (χ4v) is 2.64. The topological polar surface area (TPSA) is 59.4 Å². The smallest absolute Gasteiger partial charge is 0.284 e. The monoisotopic (exact) mass is 369 g/mol. The van der Waals surface area contributed by atoms with E-state index in [1.54, 1.807) is 30.5 Å². The number of aromatic amines is 1. The lowest BCUT2D eigenvalue weighted by atomic mass is 10.1. The Bertz CT molecular complexity index is 1000. The third-order valence-corrected chi connectivity index (χ3v) is 4.35. The molecule has 0 spiro atoms. The molecule has 0 unspecified atom stereocenters. The van der Waals surface area contributed by atoms with Gasteiger partial charge in [-0.15, -0.1) is 0 Å². The molecular weight excluding hydrogens is 350 g/mol. The largest absolute Gasteiger partial charge is 0.478 e. The van der Waals surface area contributed by atoms with Crippen molar-refractivity contribution in [2.75, 3.05) is 6.61 Å². The van der Waals surface area contributed by atoms with Crippen molar-refractivity contribution in [1.29, 1.82) is 0 Å². The van der Waals surface area contributed by atoms with Gasteiger partial charge in [0.1, 0.15) is 5.56 Å². The number of aryl methyl sites for hydroxylation is 2. The molecule has 0 fully saturated rings. The molecule has 0 aliphatic carbocycles. The first-order valence-corrected chi connectivity index (χ1v) is 8.72. The minimum Gasteiger partial charge on any atom is -0.478 e. The van der Waals surface area contributed by atoms with Crippen LogP contribution in [-0.2, 0) is 0 Å². The van der Waals surface area contributed by atoms with Gasteiger partial charge in [-0.05, 0) is 68.3 Å². The van der Waals surface area contributed by atoms with Gasteiger partial charge in [0.15, 0.2) is 0 Å². The number of nitrogens with one attached hydrogen (secondary N) is 1. The van der Waals surface area contributed by atoms with Crippen molar-refractivity contribution in [3.8, 4) is 11.6 Å². The number of benzene rings is 2. The highest BCUT2D eigenvalue weighted by Crippen LogP contribution is 2.19. The lowest BCUT2D eigenvalue weighted by Crippen LogP contribution is -2.17. The molecule has 134 valence electrons. The lowest BCUT2D eigenvalue weighted by Gasteiger charge is -2.02. The van der Waals surface area contributed by atoms with E-state index in [4.69, 9.17) is 16.3 Å². The van der Waals surface area contributed by atoms with Crippen molar-refractivity contribution in [2.45, 2.75) is 20.8 Å². The second kappa shape index (κ2) is 7.62. The first-order valence-electron chi connectivity index (χ1n) is 8.34. The van der Waals surface area contributed by atoms with E-state index in [2.05, 4.69) is 10.1 Å². The van der Waals surface area contributed by atoms with E-state index in [1.165, 1.54) is 10.2 Å².